The number of hydrogen-bond donors (Lipinski definition) is 0. The Morgan fingerprint density at radius 1 is 1.29 bits per heavy atom. The van der Waals surface area contributed by atoms with E-state index in [1.165, 1.54) is 12.8 Å². The Bertz CT molecular complexity index is 30.1. The van der Waals surface area contributed by atoms with Crippen LogP contribution in [-0.4, -0.2) is 30.6 Å². The van der Waals surface area contributed by atoms with Gasteiger partial charge >= 0.3 is 18.9 Å². The first kappa shape index (κ1) is 11.0. The van der Waals surface area contributed by atoms with E-state index in [4.69, 9.17) is 4.74 Å². The molecule has 0 aromatic heterocycles. The summed E-state index contributed by atoms with van der Waals surface area (Å²) in [4.78, 5) is 0. The molecule has 7 heavy (non-hydrogen) atoms. The van der Waals surface area contributed by atoms with Gasteiger partial charge in [-0.15, -0.1) is 0 Å². The molecule has 0 radical (unpaired) electrons. The van der Waals surface area contributed by atoms with Crippen molar-refractivity contribution in [1.29, 1.82) is 0 Å². The van der Waals surface area contributed by atoms with Gasteiger partial charge in [-0.05, 0) is 12.8 Å². The van der Waals surface area contributed by atoms with Gasteiger partial charge in [0.05, 0.1) is 0 Å². The maximum Gasteiger partial charge on any atom is 1.00 e. The van der Waals surface area contributed by atoms with E-state index in [-0.39, 0.29) is 39.1 Å². The van der Waals surface area contributed by atoms with Gasteiger partial charge in [-0.25, -0.2) is 0 Å². The van der Waals surface area contributed by atoms with E-state index in [9.17, 15) is 0 Å². The summed E-state index contributed by atoms with van der Waals surface area (Å²) in [7, 11) is 0. The van der Waals surface area contributed by atoms with Crippen molar-refractivity contribution in [3.05, 3.63) is 0 Å². The molecule has 1 saturated heterocycles. The molecular weight excluding hydrogens is 98.0 g/mol. The zero-order valence-corrected chi connectivity index (χ0v) is 4.24. The molecule has 1 nitrogen and oxygen atoms in total. The molecule has 0 spiro atoms. The van der Waals surface area contributed by atoms with Crippen LogP contribution >= 0.6 is 0 Å². The maximum absolute atomic E-state index is 4.94. The monoisotopic (exact) mass is 112 g/mol. The van der Waals surface area contributed by atoms with Crippen molar-refractivity contribution < 1.29 is 26.5 Å². The Morgan fingerprint density at radius 3 is 1.86 bits per heavy atom. The summed E-state index contributed by atoms with van der Waals surface area (Å²) in [5, 5.41) is 0. The minimum atomic E-state index is 0. The molecule has 1 heterocycles. The van der Waals surface area contributed by atoms with Gasteiger partial charge in [0.15, 0.2) is 17.4 Å². The molecule has 0 aromatic rings. The summed E-state index contributed by atoms with van der Waals surface area (Å²) < 4.78 is 4.94. The molecule has 0 saturated carbocycles. The molecule has 1 aliphatic heterocycles. The Labute approximate surface area is 70.1 Å². The van der Waals surface area contributed by atoms with Crippen molar-refractivity contribution >= 4 is 17.4 Å². The molecule has 1 rings (SSSR count). The van der Waals surface area contributed by atoms with Crippen LogP contribution in [0.4, 0.5) is 0 Å². The number of ether oxygens (including phenoxy) is 1. The van der Waals surface area contributed by atoms with Crippen molar-refractivity contribution in [2.75, 3.05) is 13.2 Å². The first-order valence-electron chi connectivity index (χ1n) is 2.08. The smallest absolute Gasteiger partial charge is 1.00 e. The summed E-state index contributed by atoms with van der Waals surface area (Å²) in [6, 6.07) is 0. The van der Waals surface area contributed by atoms with Crippen molar-refractivity contribution in [2.24, 2.45) is 0 Å². The number of rotatable bonds is 0. The molecule has 3 heteroatoms. The van der Waals surface area contributed by atoms with Crippen LogP contribution in [0.25, 0.3) is 0 Å². The molecule has 40 valence electrons. The van der Waals surface area contributed by atoms with Crippen molar-refractivity contribution in [3.8, 4) is 0 Å². The Kier molecular flexibility index (Phi) is 11.1. The van der Waals surface area contributed by atoms with Gasteiger partial charge in [0.1, 0.15) is 0 Å². The quantitative estimate of drug-likeness (QED) is 0.303. The third-order valence-corrected chi connectivity index (χ3v) is 0.827. The van der Waals surface area contributed by atoms with E-state index >= 15 is 0 Å². The fourth-order valence-corrected chi connectivity index (χ4v) is 0.510. The third kappa shape index (κ3) is 4.95. The van der Waals surface area contributed by atoms with Crippen LogP contribution in [0, 0.1) is 0 Å². The summed E-state index contributed by atoms with van der Waals surface area (Å²) in [5.41, 5.74) is 0. The number of hydrogen-bond acceptors (Lipinski definition) is 1. The van der Waals surface area contributed by atoms with E-state index in [0.717, 1.165) is 13.2 Å². The van der Waals surface area contributed by atoms with Gasteiger partial charge in [-0.1, -0.05) is 0 Å². The minimum absolute atomic E-state index is 0. The zero-order valence-electron chi connectivity index (χ0n) is 5.24. The van der Waals surface area contributed by atoms with E-state index in [1.54, 1.807) is 0 Å². The van der Waals surface area contributed by atoms with Crippen LogP contribution in [0.1, 0.15) is 15.7 Å². The molecule has 0 N–H and O–H groups in total. The van der Waals surface area contributed by atoms with E-state index in [1.807, 2.05) is 0 Å². The SMILES string of the molecule is C1CCOC1.[AlH3].[H-].[HH].[Li+]. The van der Waals surface area contributed by atoms with Crippen LogP contribution < -0.4 is 18.9 Å². The molecular formula is C4H14AlLiO. The van der Waals surface area contributed by atoms with Crippen LogP contribution in [0.3, 0.4) is 0 Å². The average Bonchev–Trinajstić information content (AvgIpc) is 1.76. The molecule has 0 atom stereocenters. The van der Waals surface area contributed by atoms with Gasteiger partial charge in [-0.2, -0.15) is 0 Å². The standard InChI is InChI=1S/C4H8O.Al.Li.H2.4H/c1-2-4-5-3-1;;;;;;;/h1-4H2;;;1H;;;;/q;;+1;;;;;-1. The van der Waals surface area contributed by atoms with Gasteiger partial charge in [0.2, 0.25) is 0 Å². The van der Waals surface area contributed by atoms with E-state index < -0.39 is 0 Å². The van der Waals surface area contributed by atoms with Gasteiger partial charge in [0.25, 0.3) is 0 Å². The Morgan fingerprint density at radius 2 is 1.71 bits per heavy atom. The van der Waals surface area contributed by atoms with Crippen LogP contribution in [0.15, 0.2) is 0 Å². The fourth-order valence-electron chi connectivity index (χ4n) is 0.510. The van der Waals surface area contributed by atoms with Crippen LogP contribution in [-0.2, 0) is 4.74 Å². The molecule has 0 amide bonds. The molecule has 0 bridgehead atoms. The second-order valence-electron chi connectivity index (χ2n) is 1.32. The topological polar surface area (TPSA) is 9.23 Å². The molecule has 0 unspecified atom stereocenters. The van der Waals surface area contributed by atoms with Crippen molar-refractivity contribution in [1.82, 2.24) is 0 Å². The zero-order chi connectivity index (χ0) is 3.54. The van der Waals surface area contributed by atoms with Gasteiger partial charge < -0.3 is 6.16 Å². The maximum atomic E-state index is 4.94. The average molecular weight is 112 g/mol. The predicted molar refractivity (Wildman–Crippen MR) is 33.2 cm³/mol. The second kappa shape index (κ2) is 7.09. The summed E-state index contributed by atoms with van der Waals surface area (Å²) in [6.07, 6.45) is 2.56. The van der Waals surface area contributed by atoms with Crippen LogP contribution in [0.5, 0.6) is 0 Å². The summed E-state index contributed by atoms with van der Waals surface area (Å²) in [5.74, 6) is 0. The molecule has 0 aromatic carbocycles. The van der Waals surface area contributed by atoms with Crippen molar-refractivity contribution in [2.45, 2.75) is 12.8 Å². The summed E-state index contributed by atoms with van der Waals surface area (Å²) >= 11 is 0. The Hall–Kier alpha value is 1.09. The first-order chi connectivity index (χ1) is 2.50. The molecule has 1 aliphatic rings. The first-order valence-corrected chi connectivity index (χ1v) is 2.08. The van der Waals surface area contributed by atoms with Gasteiger partial charge in [-0.3, -0.25) is 0 Å². The normalized spacial score (nSPS) is 17.1. The molecule has 1 fully saturated rings. The van der Waals surface area contributed by atoms with Gasteiger partial charge in [0, 0.05) is 14.6 Å². The largest absolute Gasteiger partial charge is 1.00 e. The fraction of sp³-hybridized carbons (Fsp3) is 1.00. The van der Waals surface area contributed by atoms with Crippen molar-refractivity contribution in [3.63, 3.8) is 0 Å². The van der Waals surface area contributed by atoms with Crippen LogP contribution in [0.2, 0.25) is 0 Å². The molecule has 0 aliphatic carbocycles. The second-order valence-corrected chi connectivity index (χ2v) is 1.32. The minimum Gasteiger partial charge on any atom is -1.00 e. The van der Waals surface area contributed by atoms with E-state index in [0.29, 0.717) is 0 Å². The predicted octanol–water partition coefficient (Wildman–Crippen LogP) is -3.02. The summed E-state index contributed by atoms with van der Waals surface area (Å²) in [6.45, 7) is 2.00. The third-order valence-electron chi connectivity index (χ3n) is 0.827. The van der Waals surface area contributed by atoms with E-state index in [2.05, 4.69) is 0 Å². The Balaban J connectivity index is -0.0000000312.